The molecule has 3 rings (SSSR count). The fourth-order valence-corrected chi connectivity index (χ4v) is 2.59. The molecule has 0 aliphatic rings. The molecule has 0 aliphatic heterocycles. The Morgan fingerprint density at radius 3 is 2.56 bits per heavy atom. The molecule has 5 heteroatoms. The number of halogens is 1. The van der Waals surface area contributed by atoms with Gasteiger partial charge in [-0.15, -0.1) is 0 Å². The van der Waals surface area contributed by atoms with Gasteiger partial charge in [-0.25, -0.2) is 9.18 Å². The average molecular weight is 336 g/mol. The van der Waals surface area contributed by atoms with Gasteiger partial charge in [-0.1, -0.05) is 0 Å². The van der Waals surface area contributed by atoms with Crippen molar-refractivity contribution in [3.8, 4) is 22.4 Å². The molecule has 0 unspecified atom stereocenters. The van der Waals surface area contributed by atoms with Crippen LogP contribution in [0, 0.1) is 5.82 Å². The number of esters is 1. The van der Waals surface area contributed by atoms with Crippen molar-refractivity contribution in [2.75, 3.05) is 6.61 Å². The van der Waals surface area contributed by atoms with E-state index in [1.165, 1.54) is 18.2 Å². The zero-order chi connectivity index (χ0) is 17.6. The molecule has 25 heavy (non-hydrogen) atoms. The van der Waals surface area contributed by atoms with E-state index in [0.29, 0.717) is 6.61 Å². The van der Waals surface area contributed by atoms with Gasteiger partial charge >= 0.3 is 5.97 Å². The Kier molecular flexibility index (Phi) is 5.04. The lowest BCUT2D eigenvalue weighted by molar-refractivity contribution is -0.137. The third-order valence-corrected chi connectivity index (χ3v) is 3.70. The summed E-state index contributed by atoms with van der Waals surface area (Å²) in [6, 6.07) is 10.0. The minimum atomic E-state index is -0.396. The number of rotatable bonds is 5. The quantitative estimate of drug-likeness (QED) is 0.553. The lowest BCUT2D eigenvalue weighted by Gasteiger charge is -2.06. The van der Waals surface area contributed by atoms with Crippen LogP contribution < -0.4 is 0 Å². The highest BCUT2D eigenvalue weighted by atomic mass is 19.1. The number of hydrogen-bond donors (Lipinski definition) is 1. The van der Waals surface area contributed by atoms with Crippen LogP contribution in [0.1, 0.15) is 12.5 Å². The summed E-state index contributed by atoms with van der Waals surface area (Å²) >= 11 is 0. The van der Waals surface area contributed by atoms with Crippen molar-refractivity contribution in [2.45, 2.75) is 6.92 Å². The summed E-state index contributed by atoms with van der Waals surface area (Å²) in [6.07, 6.45) is 8.32. The van der Waals surface area contributed by atoms with Gasteiger partial charge in [-0.2, -0.15) is 0 Å². The Hall–Kier alpha value is -3.21. The van der Waals surface area contributed by atoms with Gasteiger partial charge in [0.25, 0.3) is 0 Å². The first kappa shape index (κ1) is 16.6. The molecule has 2 aromatic heterocycles. The van der Waals surface area contributed by atoms with Gasteiger partial charge in [-0.05, 0) is 60.5 Å². The van der Waals surface area contributed by atoms with Gasteiger partial charge in [0, 0.05) is 35.8 Å². The van der Waals surface area contributed by atoms with Crippen LogP contribution in [0.25, 0.3) is 28.5 Å². The van der Waals surface area contributed by atoms with Crippen molar-refractivity contribution in [1.29, 1.82) is 0 Å². The largest absolute Gasteiger partial charge is 0.463 e. The monoisotopic (exact) mass is 336 g/mol. The van der Waals surface area contributed by atoms with E-state index in [1.807, 2.05) is 18.3 Å². The molecule has 1 N–H and O–H groups in total. The average Bonchev–Trinajstić information content (AvgIpc) is 3.05. The van der Waals surface area contributed by atoms with E-state index in [9.17, 15) is 9.18 Å². The zero-order valence-electron chi connectivity index (χ0n) is 13.7. The fourth-order valence-electron chi connectivity index (χ4n) is 2.59. The summed E-state index contributed by atoms with van der Waals surface area (Å²) in [5, 5.41) is 0. The van der Waals surface area contributed by atoms with Gasteiger partial charge in [0.1, 0.15) is 5.82 Å². The highest BCUT2D eigenvalue weighted by molar-refractivity contribution is 5.93. The van der Waals surface area contributed by atoms with E-state index in [0.717, 1.165) is 27.9 Å². The Bertz CT molecular complexity index is 884. The molecule has 0 spiro atoms. The number of nitrogens with zero attached hydrogens (tertiary/aromatic N) is 1. The van der Waals surface area contributed by atoms with Gasteiger partial charge in [0.15, 0.2) is 0 Å². The Labute approximate surface area is 145 Å². The third-order valence-electron chi connectivity index (χ3n) is 3.70. The van der Waals surface area contributed by atoms with E-state index in [-0.39, 0.29) is 5.82 Å². The normalized spacial score (nSPS) is 11.0. The van der Waals surface area contributed by atoms with Crippen LogP contribution in [0.3, 0.4) is 0 Å². The minimum Gasteiger partial charge on any atom is -0.463 e. The molecule has 4 nitrogen and oxygen atoms in total. The second kappa shape index (κ2) is 7.57. The number of benzene rings is 1. The van der Waals surface area contributed by atoms with E-state index in [4.69, 9.17) is 4.74 Å². The predicted molar refractivity (Wildman–Crippen MR) is 95.1 cm³/mol. The molecule has 1 aromatic carbocycles. The lowest BCUT2D eigenvalue weighted by atomic mass is 9.98. The van der Waals surface area contributed by atoms with E-state index < -0.39 is 5.97 Å². The van der Waals surface area contributed by atoms with Crippen LogP contribution in [-0.2, 0) is 9.53 Å². The highest BCUT2D eigenvalue weighted by Crippen LogP contribution is 2.35. The first-order valence-electron chi connectivity index (χ1n) is 7.91. The fraction of sp³-hybridized carbons (Fsp3) is 0.100. The number of carbonyl (C=O) groups excluding carboxylic acids is 1. The topological polar surface area (TPSA) is 55.0 Å². The smallest absolute Gasteiger partial charge is 0.330 e. The molecule has 0 bridgehead atoms. The number of H-pyrrole nitrogens is 1. The number of carbonyl (C=O) groups is 1. The van der Waals surface area contributed by atoms with Crippen LogP contribution in [0.4, 0.5) is 4.39 Å². The second-order valence-corrected chi connectivity index (χ2v) is 5.32. The maximum Gasteiger partial charge on any atom is 0.330 e. The summed E-state index contributed by atoms with van der Waals surface area (Å²) in [5.41, 5.74) is 4.38. The standard InChI is InChI=1S/C20H17FN2O2/c1-2-25-18(24)8-5-16-13-23-20(15-3-6-17(21)7-4-15)19(16)14-9-11-22-12-10-14/h3-13,23H,2H2,1H3/b8-5+. The van der Waals surface area contributed by atoms with Gasteiger partial charge < -0.3 is 9.72 Å². The Balaban J connectivity index is 2.07. The maximum atomic E-state index is 13.2. The summed E-state index contributed by atoms with van der Waals surface area (Å²) in [7, 11) is 0. The van der Waals surface area contributed by atoms with Crippen molar-refractivity contribution < 1.29 is 13.9 Å². The molecule has 0 aliphatic carbocycles. The number of ether oxygens (including phenoxy) is 1. The number of nitrogens with one attached hydrogen (secondary N) is 1. The van der Waals surface area contributed by atoms with Crippen molar-refractivity contribution in [3.63, 3.8) is 0 Å². The molecule has 0 radical (unpaired) electrons. The van der Waals surface area contributed by atoms with Crippen molar-refractivity contribution in [1.82, 2.24) is 9.97 Å². The molecule has 3 aromatic rings. The van der Waals surface area contributed by atoms with E-state index in [1.54, 1.807) is 37.5 Å². The highest BCUT2D eigenvalue weighted by Gasteiger charge is 2.14. The molecule has 0 amide bonds. The molecular formula is C20H17FN2O2. The first-order valence-corrected chi connectivity index (χ1v) is 7.91. The third kappa shape index (κ3) is 3.83. The summed E-state index contributed by atoms with van der Waals surface area (Å²) in [6.45, 7) is 2.09. The van der Waals surface area contributed by atoms with Crippen LogP contribution in [-0.4, -0.2) is 22.5 Å². The van der Waals surface area contributed by atoms with Gasteiger partial charge in [0.05, 0.1) is 12.3 Å². The van der Waals surface area contributed by atoms with Gasteiger partial charge in [0.2, 0.25) is 0 Å². The lowest BCUT2D eigenvalue weighted by Crippen LogP contribution is -1.98. The van der Waals surface area contributed by atoms with Crippen LogP contribution in [0.5, 0.6) is 0 Å². The van der Waals surface area contributed by atoms with Gasteiger partial charge in [-0.3, -0.25) is 4.98 Å². The van der Waals surface area contributed by atoms with Crippen molar-refractivity contribution in [3.05, 3.63) is 72.4 Å². The number of aromatic amines is 1. The summed E-state index contributed by atoms with van der Waals surface area (Å²) in [5.74, 6) is -0.684. The SMILES string of the molecule is CCOC(=O)/C=C/c1c[nH]c(-c2ccc(F)cc2)c1-c1ccncc1. The molecule has 0 saturated heterocycles. The molecule has 0 atom stereocenters. The van der Waals surface area contributed by atoms with Crippen LogP contribution in [0.2, 0.25) is 0 Å². The molecule has 2 heterocycles. The number of aromatic nitrogens is 2. The number of hydrogen-bond acceptors (Lipinski definition) is 3. The second-order valence-electron chi connectivity index (χ2n) is 5.32. The van der Waals surface area contributed by atoms with Crippen LogP contribution in [0.15, 0.2) is 61.1 Å². The van der Waals surface area contributed by atoms with E-state index in [2.05, 4.69) is 9.97 Å². The summed E-state index contributed by atoms with van der Waals surface area (Å²) < 4.78 is 18.2. The number of pyridine rings is 1. The minimum absolute atomic E-state index is 0.289. The Morgan fingerprint density at radius 2 is 1.88 bits per heavy atom. The summed E-state index contributed by atoms with van der Waals surface area (Å²) in [4.78, 5) is 18.9. The van der Waals surface area contributed by atoms with Crippen LogP contribution >= 0.6 is 0 Å². The molecule has 126 valence electrons. The maximum absolute atomic E-state index is 13.2. The van der Waals surface area contributed by atoms with Crippen molar-refractivity contribution in [2.24, 2.45) is 0 Å². The first-order chi connectivity index (χ1) is 12.2. The van der Waals surface area contributed by atoms with E-state index >= 15 is 0 Å². The zero-order valence-corrected chi connectivity index (χ0v) is 13.7. The van der Waals surface area contributed by atoms with Crippen molar-refractivity contribution >= 4 is 12.0 Å². The molecule has 0 saturated carbocycles. The molecular weight excluding hydrogens is 319 g/mol. The predicted octanol–water partition coefficient (Wildman–Crippen LogP) is 4.46. The Morgan fingerprint density at radius 1 is 1.16 bits per heavy atom. The molecule has 0 fully saturated rings.